The molecule has 1 heteroatoms. The minimum absolute atomic E-state index is 0.839. The lowest BCUT2D eigenvalue weighted by Crippen LogP contribution is -1.94. The normalized spacial score (nSPS) is 10.6. The van der Waals surface area contributed by atoms with E-state index >= 15 is 0 Å². The third kappa shape index (κ3) is 8.75. The summed E-state index contributed by atoms with van der Waals surface area (Å²) in [5.74, 6) is 1.70. The van der Waals surface area contributed by atoms with Crippen molar-refractivity contribution in [2.75, 3.05) is 0 Å². The van der Waals surface area contributed by atoms with Gasteiger partial charge >= 0.3 is 0 Å². The number of hydrogen-bond donors (Lipinski definition) is 0. The molecule has 0 aliphatic rings. The Morgan fingerprint density at radius 1 is 0.327 bits per heavy atom. The maximum Gasteiger partial charge on any atom is 0.131 e. The third-order valence-electron chi connectivity index (χ3n) is 10.2. The van der Waals surface area contributed by atoms with Crippen LogP contribution in [0.15, 0.2) is 195 Å². The summed E-state index contributed by atoms with van der Waals surface area (Å²) in [4.78, 5) is 0. The summed E-state index contributed by atoms with van der Waals surface area (Å²) in [6, 6.07) is 66.6. The number of hydrogen-bond acceptors (Lipinski definition) is 1. The van der Waals surface area contributed by atoms with E-state index < -0.39 is 0 Å². The van der Waals surface area contributed by atoms with Crippen molar-refractivity contribution >= 4 is 6.08 Å². The Kier molecular flexibility index (Phi) is 11.3. The molecule has 0 spiro atoms. The van der Waals surface area contributed by atoms with Crippen LogP contribution in [0.2, 0.25) is 0 Å². The predicted molar refractivity (Wildman–Crippen MR) is 236 cm³/mol. The van der Waals surface area contributed by atoms with Gasteiger partial charge in [-0.1, -0.05) is 152 Å². The molecule has 0 amide bonds. The van der Waals surface area contributed by atoms with Crippen molar-refractivity contribution in [3.8, 4) is 67.1 Å². The summed E-state index contributed by atoms with van der Waals surface area (Å²) in [6.45, 7) is 12.5. The fraction of sp³-hybridized carbons (Fsp3) is 0.0741. The van der Waals surface area contributed by atoms with Gasteiger partial charge in [0.1, 0.15) is 11.5 Å². The standard InChI is InChI=1S/C46H36O.C8H10/c1-4-34-25-44(31-46(33(34)3)47-45-24-12-11-15-32(45)2)40-23-14-21-38(27-40)37-20-13-22-39(26-37)43-29-41(35-16-7-5-8-17-35)28-42(30-43)36-18-9-6-10-19-36;1-7-5-3-4-6-8(7)2/h4-31H,1H2,2-3H3;3-6H,1-2H3. The summed E-state index contributed by atoms with van der Waals surface area (Å²) >= 11 is 0. The number of rotatable bonds is 8. The van der Waals surface area contributed by atoms with E-state index in [0.717, 1.165) is 44.9 Å². The van der Waals surface area contributed by atoms with Crippen LogP contribution in [0.3, 0.4) is 0 Å². The van der Waals surface area contributed by atoms with Crippen LogP contribution in [-0.2, 0) is 0 Å². The van der Waals surface area contributed by atoms with Crippen LogP contribution >= 0.6 is 0 Å². The molecule has 0 saturated heterocycles. The van der Waals surface area contributed by atoms with E-state index in [1.807, 2.05) is 24.3 Å². The van der Waals surface area contributed by atoms with Gasteiger partial charge in [0, 0.05) is 0 Å². The largest absolute Gasteiger partial charge is 0.457 e. The third-order valence-corrected chi connectivity index (χ3v) is 10.2. The van der Waals surface area contributed by atoms with Crippen molar-refractivity contribution in [3.63, 3.8) is 0 Å². The molecule has 8 aromatic carbocycles. The zero-order valence-electron chi connectivity index (χ0n) is 32.1. The Balaban J connectivity index is 0.000000518. The summed E-state index contributed by atoms with van der Waals surface area (Å²) in [5.41, 5.74) is 17.7. The maximum atomic E-state index is 6.46. The molecule has 0 heterocycles. The zero-order chi connectivity index (χ0) is 38.1. The Morgan fingerprint density at radius 3 is 1.15 bits per heavy atom. The molecule has 0 aliphatic heterocycles. The average Bonchev–Trinajstić information content (AvgIpc) is 3.24. The first kappa shape index (κ1) is 36.6. The van der Waals surface area contributed by atoms with E-state index in [-0.39, 0.29) is 0 Å². The van der Waals surface area contributed by atoms with Gasteiger partial charge in [-0.05, 0) is 160 Å². The summed E-state index contributed by atoms with van der Waals surface area (Å²) in [7, 11) is 0. The molecule has 55 heavy (non-hydrogen) atoms. The van der Waals surface area contributed by atoms with Gasteiger partial charge in [0.25, 0.3) is 0 Å². The fourth-order valence-corrected chi connectivity index (χ4v) is 6.79. The first-order valence-electron chi connectivity index (χ1n) is 18.9. The average molecular weight is 711 g/mol. The molecular weight excluding hydrogens is 665 g/mol. The minimum atomic E-state index is 0.839. The molecule has 1 nitrogen and oxygen atoms in total. The van der Waals surface area contributed by atoms with E-state index in [0.29, 0.717) is 0 Å². The van der Waals surface area contributed by atoms with Gasteiger partial charge < -0.3 is 4.74 Å². The van der Waals surface area contributed by atoms with Crippen LogP contribution < -0.4 is 4.74 Å². The van der Waals surface area contributed by atoms with Crippen molar-refractivity contribution in [1.29, 1.82) is 0 Å². The first-order valence-corrected chi connectivity index (χ1v) is 18.9. The van der Waals surface area contributed by atoms with Gasteiger partial charge in [0.05, 0.1) is 0 Å². The Morgan fingerprint density at radius 2 is 0.691 bits per heavy atom. The van der Waals surface area contributed by atoms with Crippen LogP contribution in [0.4, 0.5) is 0 Å². The predicted octanol–water partition coefficient (Wildman–Crippen LogP) is 15.4. The summed E-state index contributed by atoms with van der Waals surface area (Å²) < 4.78 is 6.46. The van der Waals surface area contributed by atoms with E-state index in [1.54, 1.807) is 0 Å². The highest BCUT2D eigenvalue weighted by Crippen LogP contribution is 2.38. The Hall–Kier alpha value is -6.70. The molecule has 0 aliphatic carbocycles. The highest BCUT2D eigenvalue weighted by atomic mass is 16.5. The SMILES string of the molecule is C=Cc1cc(-c2cccc(-c3cccc(-c4cc(-c5ccccc5)cc(-c5ccccc5)c4)c3)c2)cc(Oc2ccccc2C)c1C.Cc1ccccc1C. The highest BCUT2D eigenvalue weighted by Gasteiger charge is 2.13. The molecule has 268 valence electrons. The first-order chi connectivity index (χ1) is 26.9. The molecule has 0 radical (unpaired) electrons. The van der Waals surface area contributed by atoms with Crippen molar-refractivity contribution in [1.82, 2.24) is 0 Å². The number of ether oxygens (including phenoxy) is 1. The number of para-hydroxylation sites is 1. The van der Waals surface area contributed by atoms with Gasteiger partial charge in [0.15, 0.2) is 0 Å². The molecule has 8 aromatic rings. The zero-order valence-corrected chi connectivity index (χ0v) is 32.1. The van der Waals surface area contributed by atoms with E-state index in [1.165, 1.54) is 50.1 Å². The molecule has 8 rings (SSSR count). The Labute approximate surface area is 326 Å². The van der Waals surface area contributed by atoms with E-state index in [9.17, 15) is 0 Å². The van der Waals surface area contributed by atoms with Crippen molar-refractivity contribution in [2.24, 2.45) is 0 Å². The highest BCUT2D eigenvalue weighted by molar-refractivity contribution is 5.84. The maximum absolute atomic E-state index is 6.46. The topological polar surface area (TPSA) is 9.23 Å². The number of aryl methyl sites for hydroxylation is 3. The molecule has 0 N–H and O–H groups in total. The molecule has 0 atom stereocenters. The second kappa shape index (κ2) is 17.0. The second-order valence-corrected chi connectivity index (χ2v) is 14.0. The fourth-order valence-electron chi connectivity index (χ4n) is 6.79. The van der Waals surface area contributed by atoms with Crippen molar-refractivity contribution in [2.45, 2.75) is 27.7 Å². The molecule has 0 aromatic heterocycles. The van der Waals surface area contributed by atoms with Gasteiger partial charge in [-0.15, -0.1) is 0 Å². The molecule has 0 saturated carbocycles. The van der Waals surface area contributed by atoms with Crippen LogP contribution in [-0.4, -0.2) is 0 Å². The van der Waals surface area contributed by atoms with Gasteiger partial charge in [-0.3, -0.25) is 0 Å². The monoisotopic (exact) mass is 710 g/mol. The van der Waals surface area contributed by atoms with Crippen LogP contribution in [0, 0.1) is 27.7 Å². The van der Waals surface area contributed by atoms with Crippen LogP contribution in [0.5, 0.6) is 11.5 Å². The van der Waals surface area contributed by atoms with E-state index in [2.05, 4.69) is 204 Å². The Bertz CT molecular complexity index is 2480. The van der Waals surface area contributed by atoms with Crippen molar-refractivity contribution < 1.29 is 4.74 Å². The number of benzene rings is 8. The lowest BCUT2D eigenvalue weighted by molar-refractivity contribution is 0.475. The van der Waals surface area contributed by atoms with Crippen molar-refractivity contribution in [3.05, 3.63) is 222 Å². The molecule has 0 unspecified atom stereocenters. The summed E-state index contributed by atoms with van der Waals surface area (Å²) in [5, 5.41) is 0. The second-order valence-electron chi connectivity index (χ2n) is 14.0. The van der Waals surface area contributed by atoms with Gasteiger partial charge in [0.2, 0.25) is 0 Å². The van der Waals surface area contributed by atoms with Crippen LogP contribution in [0.1, 0.15) is 27.8 Å². The van der Waals surface area contributed by atoms with Crippen LogP contribution in [0.25, 0.3) is 61.7 Å². The van der Waals surface area contributed by atoms with E-state index in [4.69, 9.17) is 4.74 Å². The van der Waals surface area contributed by atoms with Gasteiger partial charge in [-0.2, -0.15) is 0 Å². The lowest BCUT2D eigenvalue weighted by atomic mass is 9.91. The lowest BCUT2D eigenvalue weighted by Gasteiger charge is -2.16. The van der Waals surface area contributed by atoms with Gasteiger partial charge in [-0.25, -0.2) is 0 Å². The summed E-state index contributed by atoms with van der Waals surface area (Å²) in [6.07, 6.45) is 1.91. The molecule has 0 bridgehead atoms. The molecular formula is C54H46O. The minimum Gasteiger partial charge on any atom is -0.457 e. The molecule has 0 fully saturated rings. The quantitative estimate of drug-likeness (QED) is 0.153. The smallest absolute Gasteiger partial charge is 0.131 e.